The molecule has 174 valence electrons. The first-order chi connectivity index (χ1) is 16.6. The maximum Gasteiger partial charge on any atom is 0.207 e. The summed E-state index contributed by atoms with van der Waals surface area (Å²) >= 11 is 0. The number of allylic oxidation sites excluding steroid dienone is 7. The molecule has 0 saturated heterocycles. The first-order valence-electron chi connectivity index (χ1n) is 11.9. The lowest BCUT2D eigenvalue weighted by Crippen LogP contribution is -2.61. The fraction of sp³-hybridized carbons (Fsp3) is 0.321. The van der Waals surface area contributed by atoms with E-state index in [1.54, 1.807) is 25.3 Å². The molecule has 6 heteroatoms. The molecule has 1 aromatic carbocycles. The molecule has 6 rings (SSSR count). The van der Waals surface area contributed by atoms with Gasteiger partial charge in [0.1, 0.15) is 11.6 Å². The Morgan fingerprint density at radius 2 is 1.91 bits per heavy atom. The van der Waals surface area contributed by atoms with Crippen LogP contribution in [0.2, 0.25) is 0 Å². The highest BCUT2D eigenvalue weighted by molar-refractivity contribution is 6.05. The van der Waals surface area contributed by atoms with Crippen LogP contribution in [0.3, 0.4) is 0 Å². The van der Waals surface area contributed by atoms with Crippen molar-refractivity contribution in [2.24, 2.45) is 16.8 Å². The van der Waals surface area contributed by atoms with Crippen LogP contribution in [-0.4, -0.2) is 41.8 Å². The fourth-order valence-electron chi connectivity index (χ4n) is 5.73. The van der Waals surface area contributed by atoms with Gasteiger partial charge in [0.15, 0.2) is 0 Å². The molecule has 34 heavy (non-hydrogen) atoms. The SMILES string of the molecule is COC1N=C(C2=Cc3c(ccc4c3C=CCC4)C3C=CC=CC23)NC(C2C(O)=CC=CC2O)N1. The van der Waals surface area contributed by atoms with Crippen LogP contribution in [-0.2, 0) is 11.2 Å². The van der Waals surface area contributed by atoms with Crippen molar-refractivity contribution >= 4 is 18.0 Å². The van der Waals surface area contributed by atoms with Gasteiger partial charge in [-0.05, 0) is 47.2 Å². The van der Waals surface area contributed by atoms with Gasteiger partial charge in [0.05, 0.1) is 18.2 Å². The van der Waals surface area contributed by atoms with Gasteiger partial charge in [-0.15, -0.1) is 0 Å². The summed E-state index contributed by atoms with van der Waals surface area (Å²) in [6.07, 6.45) is 20.7. The Hall–Kier alpha value is -3.19. The lowest BCUT2D eigenvalue weighted by Gasteiger charge is -2.40. The zero-order valence-corrected chi connectivity index (χ0v) is 19.1. The maximum atomic E-state index is 10.6. The van der Waals surface area contributed by atoms with Crippen molar-refractivity contribution in [1.29, 1.82) is 0 Å². The summed E-state index contributed by atoms with van der Waals surface area (Å²) in [7, 11) is 1.60. The molecule has 5 aliphatic rings. The minimum Gasteiger partial charge on any atom is -0.512 e. The zero-order chi connectivity index (χ0) is 23.2. The molecule has 0 radical (unpaired) electrons. The number of ether oxygens (including phenoxy) is 1. The Labute approximate surface area is 199 Å². The molecule has 6 unspecified atom stereocenters. The molecule has 1 aromatic rings. The Kier molecular flexibility index (Phi) is 5.37. The molecular formula is C28H29N3O3. The molecule has 1 aliphatic heterocycles. The molecule has 0 aromatic heterocycles. The number of hydrogen-bond acceptors (Lipinski definition) is 6. The van der Waals surface area contributed by atoms with E-state index in [0.717, 1.165) is 24.3 Å². The number of amidine groups is 1. The molecule has 1 heterocycles. The monoisotopic (exact) mass is 455 g/mol. The molecule has 4 N–H and O–H groups in total. The summed E-state index contributed by atoms with van der Waals surface area (Å²) in [5.41, 5.74) is 6.35. The Morgan fingerprint density at radius 3 is 2.74 bits per heavy atom. The van der Waals surface area contributed by atoms with Gasteiger partial charge < -0.3 is 20.3 Å². The maximum absolute atomic E-state index is 10.6. The highest BCUT2D eigenvalue weighted by Gasteiger charge is 2.40. The summed E-state index contributed by atoms with van der Waals surface area (Å²) in [6.45, 7) is 0. The minimum atomic E-state index is -0.824. The van der Waals surface area contributed by atoms with Gasteiger partial charge in [-0.2, -0.15) is 0 Å². The zero-order valence-electron chi connectivity index (χ0n) is 19.1. The van der Waals surface area contributed by atoms with Crippen molar-refractivity contribution in [3.63, 3.8) is 0 Å². The van der Waals surface area contributed by atoms with Crippen LogP contribution < -0.4 is 10.6 Å². The number of fused-ring (bicyclic) bond motifs is 5. The number of aliphatic hydroxyl groups excluding tert-OH is 2. The van der Waals surface area contributed by atoms with Crippen molar-refractivity contribution in [2.45, 2.75) is 37.4 Å². The molecular weight excluding hydrogens is 426 g/mol. The summed E-state index contributed by atoms with van der Waals surface area (Å²) in [5.74, 6) is 0.639. The first kappa shape index (κ1) is 21.4. The van der Waals surface area contributed by atoms with E-state index < -0.39 is 24.5 Å². The Balaban J connectivity index is 1.44. The van der Waals surface area contributed by atoms with E-state index in [4.69, 9.17) is 9.73 Å². The topological polar surface area (TPSA) is 86.1 Å². The van der Waals surface area contributed by atoms with Gasteiger partial charge in [-0.1, -0.05) is 60.7 Å². The van der Waals surface area contributed by atoms with Crippen LogP contribution in [0.1, 0.15) is 34.6 Å². The quantitative estimate of drug-likeness (QED) is 0.558. The molecule has 6 nitrogen and oxygen atoms in total. The molecule has 0 amide bonds. The van der Waals surface area contributed by atoms with Gasteiger partial charge in [0, 0.05) is 24.5 Å². The number of aliphatic hydroxyl groups is 2. The van der Waals surface area contributed by atoms with Crippen molar-refractivity contribution < 1.29 is 14.9 Å². The van der Waals surface area contributed by atoms with Crippen LogP contribution in [0.25, 0.3) is 12.2 Å². The smallest absolute Gasteiger partial charge is 0.207 e. The number of rotatable bonds is 3. The Morgan fingerprint density at radius 1 is 1.06 bits per heavy atom. The van der Waals surface area contributed by atoms with Crippen molar-refractivity contribution in [2.75, 3.05) is 7.11 Å². The largest absolute Gasteiger partial charge is 0.512 e. The van der Waals surface area contributed by atoms with E-state index in [0.29, 0.717) is 0 Å². The predicted octanol–water partition coefficient (Wildman–Crippen LogP) is 3.71. The van der Waals surface area contributed by atoms with Gasteiger partial charge in [-0.25, -0.2) is 4.99 Å². The highest BCUT2D eigenvalue weighted by atomic mass is 16.5. The number of methoxy groups -OCH3 is 1. The number of hydrogen-bond donors (Lipinski definition) is 4. The van der Waals surface area contributed by atoms with E-state index in [9.17, 15) is 10.2 Å². The Bertz CT molecular complexity index is 1220. The van der Waals surface area contributed by atoms with Gasteiger partial charge in [0.2, 0.25) is 6.35 Å². The second-order valence-corrected chi connectivity index (χ2v) is 9.35. The van der Waals surface area contributed by atoms with Crippen molar-refractivity contribution in [1.82, 2.24) is 10.6 Å². The number of aryl methyl sites for hydroxylation is 1. The fourth-order valence-corrected chi connectivity index (χ4v) is 5.73. The predicted molar refractivity (Wildman–Crippen MR) is 134 cm³/mol. The third kappa shape index (κ3) is 3.50. The van der Waals surface area contributed by atoms with Crippen molar-refractivity contribution in [3.05, 3.63) is 94.3 Å². The number of nitrogens with one attached hydrogen (secondary N) is 2. The normalized spacial score (nSPS) is 33.2. The molecule has 4 aliphatic carbocycles. The van der Waals surface area contributed by atoms with Crippen LogP contribution in [0.4, 0.5) is 0 Å². The summed E-state index contributed by atoms with van der Waals surface area (Å²) in [6, 6.07) is 4.57. The van der Waals surface area contributed by atoms with E-state index in [-0.39, 0.29) is 17.6 Å². The lowest BCUT2D eigenvalue weighted by atomic mass is 9.70. The summed E-state index contributed by atoms with van der Waals surface area (Å²) < 4.78 is 5.59. The molecule has 0 saturated carbocycles. The van der Waals surface area contributed by atoms with Gasteiger partial charge in [-0.3, -0.25) is 5.32 Å². The van der Waals surface area contributed by atoms with E-state index in [1.165, 1.54) is 22.3 Å². The van der Waals surface area contributed by atoms with E-state index in [1.807, 2.05) is 0 Å². The van der Waals surface area contributed by atoms with Crippen LogP contribution >= 0.6 is 0 Å². The van der Waals surface area contributed by atoms with Crippen LogP contribution in [0.15, 0.2) is 77.1 Å². The van der Waals surface area contributed by atoms with E-state index >= 15 is 0 Å². The third-order valence-electron chi connectivity index (χ3n) is 7.43. The van der Waals surface area contributed by atoms with Crippen molar-refractivity contribution in [3.8, 4) is 0 Å². The lowest BCUT2D eigenvalue weighted by molar-refractivity contribution is 0.0318. The average Bonchev–Trinajstić information content (AvgIpc) is 2.87. The second kappa shape index (κ2) is 8.55. The van der Waals surface area contributed by atoms with Crippen LogP contribution in [0, 0.1) is 11.8 Å². The standard InChI is InChI=1S/C28H29N3O3/c1-34-28-30-26(29-27(31-28)25-23(32)11-6-12-24(25)33)22-15-21-17-8-3-2-7-16(17)13-14-20(21)18-9-4-5-10-19(18)22/h3-6,8-15,18-19,23,25,27-28,31-33H,2,7H2,1H3,(H,29,30). The molecule has 0 spiro atoms. The first-order valence-corrected chi connectivity index (χ1v) is 11.9. The number of benzene rings is 1. The molecule has 0 fully saturated rings. The highest BCUT2D eigenvalue weighted by Crippen LogP contribution is 2.45. The average molecular weight is 456 g/mol. The molecule has 6 atom stereocenters. The van der Waals surface area contributed by atoms with E-state index in [2.05, 4.69) is 65.3 Å². The van der Waals surface area contributed by atoms with Gasteiger partial charge in [0.25, 0.3) is 0 Å². The summed E-state index contributed by atoms with van der Waals surface area (Å²) in [4.78, 5) is 4.82. The summed E-state index contributed by atoms with van der Waals surface area (Å²) in [5, 5.41) is 27.9. The number of nitrogens with zero attached hydrogens (tertiary/aromatic N) is 1. The van der Waals surface area contributed by atoms with Crippen LogP contribution in [0.5, 0.6) is 0 Å². The second-order valence-electron chi connectivity index (χ2n) is 9.35. The number of aliphatic imine (C=N–C) groups is 1. The molecule has 0 bridgehead atoms. The third-order valence-corrected chi connectivity index (χ3v) is 7.43. The van der Waals surface area contributed by atoms with Gasteiger partial charge >= 0.3 is 0 Å². The minimum absolute atomic E-state index is 0.122.